The first-order valence-corrected chi connectivity index (χ1v) is 21.9. The quantitative estimate of drug-likeness (QED) is 0.0219. The lowest BCUT2D eigenvalue weighted by Gasteiger charge is -2.27. The molecule has 4 rings (SSSR count). The lowest BCUT2D eigenvalue weighted by atomic mass is 9.90. The number of nitrogens with zero attached hydrogens (tertiary/aromatic N) is 4. The summed E-state index contributed by atoms with van der Waals surface area (Å²) in [5.74, 6) is -5.41. The second-order valence-corrected chi connectivity index (χ2v) is 15.9. The molecule has 71 heavy (non-hydrogen) atoms. The molecule has 0 aromatic heterocycles. The summed E-state index contributed by atoms with van der Waals surface area (Å²) >= 11 is 0. The molecule has 23 nitrogen and oxygen atoms in total. The zero-order valence-corrected chi connectivity index (χ0v) is 41.1. The van der Waals surface area contributed by atoms with Gasteiger partial charge in [-0.25, -0.2) is 4.58 Å². The Morgan fingerprint density at radius 2 is 1.10 bits per heavy atom. The van der Waals surface area contributed by atoms with Gasteiger partial charge < -0.3 is 61.6 Å². The number of carbonyl (C=O) groups excluding carboxylic acids is 8. The van der Waals surface area contributed by atoms with Gasteiger partial charge in [-0.1, -0.05) is 0 Å². The average Bonchev–Trinajstić information content (AvgIpc) is 3.28. The summed E-state index contributed by atoms with van der Waals surface area (Å²) in [6, 6.07) is 15.2. The normalized spacial score (nSPS) is 10.8. The number of ether oxygens (including phenoxy) is 10. The van der Waals surface area contributed by atoms with E-state index in [0.717, 1.165) is 55.3 Å². The molecule has 384 valence electrons. The van der Waals surface area contributed by atoms with E-state index in [-0.39, 0.29) is 37.8 Å². The Hall–Kier alpha value is -7.79. The number of esters is 8. The Balaban J connectivity index is 1.74. The Morgan fingerprint density at radius 3 is 1.59 bits per heavy atom. The van der Waals surface area contributed by atoms with Gasteiger partial charge in [0.25, 0.3) is 0 Å². The van der Waals surface area contributed by atoms with Crippen LogP contribution in [0.2, 0.25) is 0 Å². The minimum atomic E-state index is -0.889. The molecule has 0 saturated heterocycles. The third-order valence-corrected chi connectivity index (χ3v) is 9.95. The first kappa shape index (κ1) is 55.8. The van der Waals surface area contributed by atoms with Crippen LogP contribution in [0.1, 0.15) is 33.3 Å². The number of carbonyl (C=O) groups is 8. The fourth-order valence-corrected chi connectivity index (χ4v) is 6.54. The van der Waals surface area contributed by atoms with Gasteiger partial charge >= 0.3 is 47.8 Å². The summed E-state index contributed by atoms with van der Waals surface area (Å²) in [6.45, 7) is 1.42. The number of hydrogen-bond donors (Lipinski definition) is 0. The Morgan fingerprint density at radius 1 is 0.577 bits per heavy atom. The highest BCUT2D eigenvalue weighted by Gasteiger charge is 2.26. The molecule has 0 N–H and O–H groups in total. The number of anilines is 2. The third-order valence-electron chi connectivity index (χ3n) is 9.95. The topological polar surface area (TPSA) is 255 Å². The third kappa shape index (κ3) is 18.2. The molecule has 1 heterocycles. The number of aryl methyl sites for hydroxylation is 1. The van der Waals surface area contributed by atoms with Crippen molar-refractivity contribution < 1.29 is 90.1 Å². The van der Waals surface area contributed by atoms with E-state index in [1.807, 2.05) is 81.0 Å². The maximum Gasteiger partial charge on any atom is 0.328 e. The predicted molar refractivity (Wildman–Crippen MR) is 250 cm³/mol. The smallest absolute Gasteiger partial charge is 0.328 e. The second kappa shape index (κ2) is 27.4. The Bertz CT molecular complexity index is 2540. The fourth-order valence-electron chi connectivity index (χ4n) is 6.54. The molecule has 0 bridgehead atoms. The van der Waals surface area contributed by atoms with Crippen molar-refractivity contribution in [1.29, 1.82) is 0 Å². The van der Waals surface area contributed by atoms with E-state index < -0.39 is 101 Å². The zero-order valence-electron chi connectivity index (χ0n) is 41.1. The molecule has 23 heteroatoms. The summed E-state index contributed by atoms with van der Waals surface area (Å²) in [6.07, 6.45) is 0. The fraction of sp³-hybridized carbons (Fsp3) is 0.438. The van der Waals surface area contributed by atoms with Crippen molar-refractivity contribution in [2.45, 2.75) is 34.6 Å². The number of benzene rings is 3. The highest BCUT2D eigenvalue weighted by Crippen LogP contribution is 2.45. The molecular weight excluding hydrogens is 937 g/mol. The van der Waals surface area contributed by atoms with Crippen molar-refractivity contribution in [2.24, 2.45) is 0 Å². The zero-order chi connectivity index (χ0) is 52.2. The van der Waals surface area contributed by atoms with Crippen LogP contribution in [-0.4, -0.2) is 161 Å². The molecule has 2 aliphatic rings. The van der Waals surface area contributed by atoms with Crippen LogP contribution in [0.15, 0.2) is 52.9 Å². The van der Waals surface area contributed by atoms with Gasteiger partial charge in [0.05, 0.1) is 38.1 Å². The van der Waals surface area contributed by atoms with Crippen LogP contribution in [0, 0.1) is 6.92 Å². The molecule has 0 unspecified atom stereocenters. The van der Waals surface area contributed by atoms with Crippen molar-refractivity contribution in [3.05, 3.63) is 59.5 Å². The maximum absolute atomic E-state index is 13.2. The van der Waals surface area contributed by atoms with Crippen LogP contribution < -0.4 is 24.5 Å². The van der Waals surface area contributed by atoms with Crippen molar-refractivity contribution in [3.8, 4) is 28.2 Å². The van der Waals surface area contributed by atoms with E-state index in [2.05, 4.69) is 9.47 Å². The van der Waals surface area contributed by atoms with Crippen molar-refractivity contribution in [2.75, 3.05) is 118 Å². The highest BCUT2D eigenvalue weighted by molar-refractivity contribution is 6.04. The lowest BCUT2D eigenvalue weighted by Crippen LogP contribution is -2.38. The summed E-state index contributed by atoms with van der Waals surface area (Å²) in [7, 11) is 7.67. The van der Waals surface area contributed by atoms with Crippen molar-refractivity contribution in [3.63, 3.8) is 0 Å². The summed E-state index contributed by atoms with van der Waals surface area (Å²) < 4.78 is 59.8. The molecular formula is C48H59N4O19+. The second-order valence-electron chi connectivity index (χ2n) is 15.9. The molecule has 0 amide bonds. The number of fused-ring (bicyclic) bond motifs is 2. The molecule has 2 aromatic carbocycles. The van der Waals surface area contributed by atoms with Gasteiger partial charge in [-0.05, 0) is 48.4 Å². The number of rotatable bonds is 26. The lowest BCUT2D eigenvalue weighted by molar-refractivity contribution is -0.170. The van der Waals surface area contributed by atoms with Gasteiger partial charge in [0, 0.05) is 82.7 Å². The molecule has 0 atom stereocenters. The number of hydrogen-bond acceptors (Lipinski definition) is 22. The van der Waals surface area contributed by atoms with E-state index >= 15 is 0 Å². The van der Waals surface area contributed by atoms with Crippen LogP contribution in [0.5, 0.6) is 5.75 Å². The Labute approximate surface area is 408 Å². The molecule has 0 spiro atoms. The van der Waals surface area contributed by atoms with Crippen LogP contribution in [0.25, 0.3) is 33.4 Å². The minimum Gasteiger partial charge on any atom is -0.489 e. The minimum absolute atomic E-state index is 0.0196. The van der Waals surface area contributed by atoms with Crippen molar-refractivity contribution >= 4 is 70.1 Å². The summed E-state index contributed by atoms with van der Waals surface area (Å²) in [5, 5.41) is 1.66. The molecule has 0 fully saturated rings. The molecule has 1 aliphatic heterocycles. The summed E-state index contributed by atoms with van der Waals surface area (Å²) in [5.41, 5.74) is 4.63. The van der Waals surface area contributed by atoms with Crippen molar-refractivity contribution in [1.82, 2.24) is 9.48 Å². The van der Waals surface area contributed by atoms with Gasteiger partial charge in [0.15, 0.2) is 0 Å². The molecule has 0 radical (unpaired) electrons. The monoisotopic (exact) mass is 995 g/mol. The predicted octanol–water partition coefficient (Wildman–Crippen LogP) is 2.37. The summed E-state index contributed by atoms with van der Waals surface area (Å²) in [4.78, 5) is 101. The first-order valence-electron chi connectivity index (χ1n) is 21.9. The van der Waals surface area contributed by atoms with Gasteiger partial charge in [0.1, 0.15) is 50.9 Å². The maximum atomic E-state index is 13.2. The highest BCUT2D eigenvalue weighted by atomic mass is 16.7. The van der Waals surface area contributed by atoms with Gasteiger partial charge in [0.2, 0.25) is 32.5 Å². The van der Waals surface area contributed by atoms with Gasteiger partial charge in [-0.3, -0.25) is 43.3 Å². The standard InChI is InChI=1S/C48H59N4O19/c1-30-18-40(52(24-46(59)69-28-65-33(4)55)25-47(60)70-29-66-34(5)56)43(62-17-16-61-15-14-51(22-44(57)67-26-63-31(2)53)23-45(58)68-27-64-32(3)54)21-39(30)48-37-12-10-35(49(6)7)19-41(37)71-42-20-36(50(8)9)11-13-38(42)48/h10-13,18-21H,14-17,22-29H2,1-9H3/q+1. The van der Waals surface area contributed by atoms with E-state index in [1.165, 1.54) is 9.80 Å². The average molecular weight is 996 g/mol. The van der Waals surface area contributed by atoms with Crippen LogP contribution in [0.4, 0.5) is 11.4 Å². The molecule has 2 aromatic rings. The van der Waals surface area contributed by atoms with Gasteiger partial charge in [-0.15, -0.1) is 0 Å². The van der Waals surface area contributed by atoms with E-state index in [9.17, 15) is 38.4 Å². The van der Waals surface area contributed by atoms with Crippen LogP contribution in [-0.2, 0) is 81.0 Å². The van der Waals surface area contributed by atoms with Crippen LogP contribution in [0.3, 0.4) is 0 Å². The van der Waals surface area contributed by atoms with Gasteiger partial charge in [-0.2, -0.15) is 0 Å². The first-order chi connectivity index (χ1) is 33.7. The largest absolute Gasteiger partial charge is 0.489 e. The van der Waals surface area contributed by atoms with E-state index in [4.69, 9.17) is 42.3 Å². The molecule has 0 saturated carbocycles. The van der Waals surface area contributed by atoms with E-state index in [0.29, 0.717) is 22.5 Å². The SMILES string of the molecule is CC(=O)OCOC(=O)CN(CCOCCOc1cc(-c2c3ccc(=[N+](C)C)cc-3oc3cc(N(C)C)ccc23)c(C)cc1N(CC(=O)OCOC(C)=O)CC(=O)OCOC(C)=O)CC(=O)OCOC(C)=O. The van der Waals surface area contributed by atoms with Crippen LogP contribution >= 0.6 is 0 Å². The van der Waals surface area contributed by atoms with E-state index in [1.54, 1.807) is 12.1 Å². The Kier molecular flexibility index (Phi) is 21.5. The molecule has 1 aliphatic carbocycles.